The van der Waals surface area contributed by atoms with Crippen molar-refractivity contribution in [3.63, 3.8) is 0 Å². The zero-order valence-corrected chi connectivity index (χ0v) is 14.6. The number of hydrogen-bond acceptors (Lipinski definition) is 1. The van der Waals surface area contributed by atoms with E-state index in [1.165, 1.54) is 6.42 Å². The van der Waals surface area contributed by atoms with E-state index in [0.717, 1.165) is 35.1 Å². The van der Waals surface area contributed by atoms with E-state index >= 15 is 0 Å². The van der Waals surface area contributed by atoms with Crippen LogP contribution in [-0.4, -0.2) is 13.1 Å². The second-order valence-corrected chi connectivity index (χ2v) is 7.27. The van der Waals surface area contributed by atoms with Crippen molar-refractivity contribution in [3.05, 3.63) is 33.8 Å². The summed E-state index contributed by atoms with van der Waals surface area (Å²) in [4.78, 5) is 0. The van der Waals surface area contributed by atoms with Gasteiger partial charge in [-0.2, -0.15) is 0 Å². The lowest BCUT2D eigenvalue weighted by Gasteiger charge is -2.21. The smallest absolute Gasteiger partial charge is 0.0452 e. The van der Waals surface area contributed by atoms with Crippen molar-refractivity contribution in [2.24, 2.45) is 17.8 Å². The highest BCUT2D eigenvalue weighted by Gasteiger charge is 2.15. The van der Waals surface area contributed by atoms with Gasteiger partial charge in [-0.05, 0) is 61.4 Å². The molecule has 1 aromatic rings. The van der Waals surface area contributed by atoms with Crippen LogP contribution in [0.1, 0.15) is 39.7 Å². The van der Waals surface area contributed by atoms with E-state index < -0.39 is 0 Å². The van der Waals surface area contributed by atoms with E-state index in [1.807, 2.05) is 18.2 Å². The molecule has 3 heteroatoms. The van der Waals surface area contributed by atoms with Crippen LogP contribution in [0, 0.1) is 17.8 Å². The van der Waals surface area contributed by atoms with Gasteiger partial charge in [0.05, 0.1) is 0 Å². The molecule has 0 fully saturated rings. The molecule has 0 heterocycles. The maximum Gasteiger partial charge on any atom is 0.0452 e. The molecule has 0 aliphatic carbocycles. The molecule has 1 aromatic carbocycles. The summed E-state index contributed by atoms with van der Waals surface area (Å²) in [6.07, 6.45) is 2.13. The summed E-state index contributed by atoms with van der Waals surface area (Å²) in [5, 5.41) is 5.14. The van der Waals surface area contributed by atoms with Gasteiger partial charge in [-0.3, -0.25) is 0 Å². The van der Waals surface area contributed by atoms with Crippen LogP contribution in [0.5, 0.6) is 0 Å². The highest BCUT2D eigenvalue weighted by molar-refractivity contribution is 6.35. The third-order valence-corrected chi connectivity index (χ3v) is 4.05. The molecule has 0 radical (unpaired) electrons. The van der Waals surface area contributed by atoms with Crippen molar-refractivity contribution < 1.29 is 0 Å². The monoisotopic (exact) mass is 315 g/mol. The minimum atomic E-state index is 0.575. The lowest BCUT2D eigenvalue weighted by molar-refractivity contribution is 0.376. The topological polar surface area (TPSA) is 12.0 Å². The van der Waals surface area contributed by atoms with Gasteiger partial charge in [-0.25, -0.2) is 0 Å². The van der Waals surface area contributed by atoms with Gasteiger partial charge in [0.15, 0.2) is 0 Å². The maximum absolute atomic E-state index is 6.29. The Bertz CT molecular complexity index is 382. The molecule has 0 aromatic heterocycles. The largest absolute Gasteiger partial charge is 0.316 e. The van der Waals surface area contributed by atoms with Gasteiger partial charge < -0.3 is 5.32 Å². The number of hydrogen-bond donors (Lipinski definition) is 1. The van der Waals surface area contributed by atoms with Crippen molar-refractivity contribution in [2.75, 3.05) is 13.1 Å². The van der Waals surface area contributed by atoms with Crippen LogP contribution in [0.3, 0.4) is 0 Å². The van der Waals surface area contributed by atoms with Gasteiger partial charge in [-0.15, -0.1) is 0 Å². The number of benzene rings is 1. The van der Waals surface area contributed by atoms with Crippen molar-refractivity contribution in [1.29, 1.82) is 0 Å². The molecule has 0 amide bonds. The van der Waals surface area contributed by atoms with Gasteiger partial charge in [0, 0.05) is 10.0 Å². The van der Waals surface area contributed by atoms with E-state index in [1.54, 1.807) is 0 Å². The fraction of sp³-hybridized carbons (Fsp3) is 0.647. The fourth-order valence-electron chi connectivity index (χ4n) is 2.50. The summed E-state index contributed by atoms with van der Waals surface area (Å²) in [7, 11) is 0. The maximum atomic E-state index is 6.29. The molecule has 1 atom stereocenters. The summed E-state index contributed by atoms with van der Waals surface area (Å²) in [5.74, 6) is 1.94. The summed E-state index contributed by atoms with van der Waals surface area (Å²) in [6.45, 7) is 11.1. The molecule has 0 saturated carbocycles. The quantitative estimate of drug-likeness (QED) is 0.673. The van der Waals surface area contributed by atoms with E-state index in [2.05, 4.69) is 33.0 Å². The average Bonchev–Trinajstić information content (AvgIpc) is 2.32. The molecule has 0 aliphatic rings. The lowest BCUT2D eigenvalue weighted by Crippen LogP contribution is -2.28. The SMILES string of the molecule is CC(C)CNCC(Cc1c(Cl)cccc1Cl)CC(C)C. The Kier molecular flexibility index (Phi) is 7.94. The van der Waals surface area contributed by atoms with Crippen LogP contribution < -0.4 is 5.32 Å². The van der Waals surface area contributed by atoms with Gasteiger partial charge in [0.25, 0.3) is 0 Å². The fourth-order valence-corrected chi connectivity index (χ4v) is 3.05. The third-order valence-electron chi connectivity index (χ3n) is 3.34. The first-order chi connectivity index (χ1) is 9.40. The normalized spacial score (nSPS) is 13.2. The Balaban J connectivity index is 2.68. The highest BCUT2D eigenvalue weighted by atomic mass is 35.5. The first kappa shape index (κ1) is 17.8. The molecule has 0 saturated heterocycles. The Hall–Kier alpha value is -0.240. The number of nitrogens with one attached hydrogen (secondary N) is 1. The molecular formula is C17H27Cl2N. The summed E-state index contributed by atoms with van der Waals surface area (Å²) < 4.78 is 0. The van der Waals surface area contributed by atoms with Gasteiger partial charge in [-0.1, -0.05) is 57.0 Å². The molecule has 1 nitrogen and oxygen atoms in total. The molecule has 20 heavy (non-hydrogen) atoms. The molecule has 1 rings (SSSR count). The van der Waals surface area contributed by atoms with Crippen LogP contribution in [-0.2, 0) is 6.42 Å². The average molecular weight is 316 g/mol. The predicted molar refractivity (Wildman–Crippen MR) is 90.8 cm³/mol. The van der Waals surface area contributed by atoms with Crippen LogP contribution in [0.15, 0.2) is 18.2 Å². The molecule has 1 unspecified atom stereocenters. The predicted octanol–water partition coefficient (Wildman–Crippen LogP) is 5.44. The number of rotatable bonds is 8. The zero-order chi connectivity index (χ0) is 15.1. The summed E-state index contributed by atoms with van der Waals surface area (Å²) in [5.41, 5.74) is 1.09. The molecule has 0 spiro atoms. The summed E-state index contributed by atoms with van der Waals surface area (Å²) in [6, 6.07) is 5.76. The first-order valence-electron chi connectivity index (χ1n) is 7.53. The highest BCUT2D eigenvalue weighted by Crippen LogP contribution is 2.28. The second kappa shape index (κ2) is 8.92. The van der Waals surface area contributed by atoms with Gasteiger partial charge >= 0.3 is 0 Å². The Morgan fingerprint density at radius 3 is 2.05 bits per heavy atom. The Morgan fingerprint density at radius 1 is 0.950 bits per heavy atom. The molecule has 0 aliphatic heterocycles. The second-order valence-electron chi connectivity index (χ2n) is 6.45. The first-order valence-corrected chi connectivity index (χ1v) is 8.29. The lowest BCUT2D eigenvalue weighted by atomic mass is 9.90. The molecule has 1 N–H and O–H groups in total. The number of halogens is 2. The van der Waals surface area contributed by atoms with E-state index in [4.69, 9.17) is 23.2 Å². The zero-order valence-electron chi connectivity index (χ0n) is 13.0. The van der Waals surface area contributed by atoms with Crippen LogP contribution >= 0.6 is 23.2 Å². The van der Waals surface area contributed by atoms with Crippen LogP contribution in [0.4, 0.5) is 0 Å². The van der Waals surface area contributed by atoms with Crippen LogP contribution in [0.25, 0.3) is 0 Å². The molecular weight excluding hydrogens is 289 g/mol. The Morgan fingerprint density at radius 2 is 1.55 bits per heavy atom. The third kappa shape index (κ3) is 6.47. The van der Waals surface area contributed by atoms with Crippen molar-refractivity contribution in [3.8, 4) is 0 Å². The van der Waals surface area contributed by atoms with E-state index in [0.29, 0.717) is 17.8 Å². The standard InChI is InChI=1S/C17H27Cl2N/c1-12(2)8-14(11-20-10-13(3)4)9-15-16(18)6-5-7-17(15)19/h5-7,12-14,20H,8-11H2,1-4H3. The Labute approximate surface area is 134 Å². The minimum Gasteiger partial charge on any atom is -0.316 e. The van der Waals surface area contributed by atoms with Crippen molar-refractivity contribution >= 4 is 23.2 Å². The molecule has 114 valence electrons. The minimum absolute atomic E-state index is 0.575. The van der Waals surface area contributed by atoms with Gasteiger partial charge in [0.1, 0.15) is 0 Å². The van der Waals surface area contributed by atoms with E-state index in [-0.39, 0.29) is 0 Å². The van der Waals surface area contributed by atoms with Crippen molar-refractivity contribution in [1.82, 2.24) is 5.32 Å². The summed E-state index contributed by atoms with van der Waals surface area (Å²) >= 11 is 12.6. The van der Waals surface area contributed by atoms with Gasteiger partial charge in [0.2, 0.25) is 0 Å². The van der Waals surface area contributed by atoms with Crippen molar-refractivity contribution in [2.45, 2.75) is 40.5 Å². The van der Waals surface area contributed by atoms with Crippen LogP contribution in [0.2, 0.25) is 10.0 Å². The molecule has 0 bridgehead atoms. The van der Waals surface area contributed by atoms with E-state index in [9.17, 15) is 0 Å².